The normalized spacial score (nSPS) is 16.9. The van der Waals surface area contributed by atoms with Crippen molar-refractivity contribution in [1.82, 2.24) is 0 Å². The second-order valence-electron chi connectivity index (χ2n) is 1.18. The molecule has 1 nitrogen and oxygen atoms in total. The summed E-state index contributed by atoms with van der Waals surface area (Å²) >= 11 is -0.441. The Labute approximate surface area is 52.6 Å². The Balaban J connectivity index is 2.69. The van der Waals surface area contributed by atoms with Crippen LogP contribution in [0.3, 0.4) is 0 Å². The molecule has 36 valence electrons. The summed E-state index contributed by atoms with van der Waals surface area (Å²) in [4.78, 5) is 9.88. The molecule has 0 aromatic carbocycles. The van der Waals surface area contributed by atoms with E-state index in [1.807, 2.05) is 6.08 Å². The van der Waals surface area contributed by atoms with Gasteiger partial charge in [0.1, 0.15) is 0 Å². The van der Waals surface area contributed by atoms with Gasteiger partial charge < -0.3 is 0 Å². The molecule has 1 rings (SSSR count). The number of aldehydes is 1. The van der Waals surface area contributed by atoms with E-state index < -0.39 is 21.6 Å². The van der Waals surface area contributed by atoms with Crippen molar-refractivity contribution in [3.8, 4) is 0 Å². The molecule has 0 aliphatic carbocycles. The summed E-state index contributed by atoms with van der Waals surface area (Å²) in [6, 6.07) is 0. The van der Waals surface area contributed by atoms with Crippen molar-refractivity contribution in [2.45, 2.75) is 0 Å². The van der Waals surface area contributed by atoms with Gasteiger partial charge in [-0.05, 0) is 0 Å². The molecule has 0 atom stereocenters. The van der Waals surface area contributed by atoms with E-state index in [-0.39, 0.29) is 0 Å². The molecule has 0 aromatic heterocycles. The van der Waals surface area contributed by atoms with Crippen molar-refractivity contribution in [2.75, 3.05) is 0 Å². The third-order valence-corrected chi connectivity index (χ3v) is 2.88. The first kappa shape index (κ1) is 5.11. The second kappa shape index (κ2) is 2.32. The molecule has 0 unspecified atom stereocenters. The van der Waals surface area contributed by atoms with E-state index in [9.17, 15) is 4.79 Å². The van der Waals surface area contributed by atoms with Gasteiger partial charge in [-0.1, -0.05) is 0 Å². The summed E-state index contributed by atoms with van der Waals surface area (Å²) in [7, 11) is 0. The van der Waals surface area contributed by atoms with Gasteiger partial charge in [0.25, 0.3) is 0 Å². The number of allylic oxidation sites excluding steroid dienone is 2. The average molecular weight is 202 g/mol. The average Bonchev–Trinajstić information content (AvgIpc) is 2.14. The molecule has 0 amide bonds. The van der Waals surface area contributed by atoms with Crippen LogP contribution < -0.4 is 0 Å². The molecule has 1 aliphatic rings. The van der Waals surface area contributed by atoms with Gasteiger partial charge in [-0.15, -0.1) is 0 Å². The predicted octanol–water partition coefficient (Wildman–Crippen LogP) is -0.164. The third kappa shape index (κ3) is 1.17. The molecule has 7 heavy (non-hydrogen) atoms. The monoisotopic (exact) mass is 201 g/mol. The Kier molecular flexibility index (Phi) is 1.69. The Bertz CT molecular complexity index is 135. The van der Waals surface area contributed by atoms with Gasteiger partial charge in [0, 0.05) is 0 Å². The maximum absolute atomic E-state index is 9.88. The molecular weight excluding hydrogens is 198 g/mol. The van der Waals surface area contributed by atoms with E-state index in [2.05, 4.69) is 8.05 Å². The molecule has 0 bridgehead atoms. The van der Waals surface area contributed by atoms with Crippen molar-refractivity contribution in [1.29, 1.82) is 0 Å². The van der Waals surface area contributed by atoms with E-state index in [1.54, 1.807) is 0 Å². The van der Waals surface area contributed by atoms with Gasteiger partial charge in [0.05, 0.1) is 0 Å². The van der Waals surface area contributed by atoms with Crippen molar-refractivity contribution < 1.29 is 4.79 Å². The summed E-state index contributed by atoms with van der Waals surface area (Å²) in [5, 5.41) is 0. The molecule has 0 radical (unpaired) electrons. The first-order valence-electron chi connectivity index (χ1n) is 1.94. The fourth-order valence-corrected chi connectivity index (χ4v) is 2.24. The van der Waals surface area contributed by atoms with Crippen LogP contribution >= 0.6 is 0 Å². The fourth-order valence-electron chi connectivity index (χ4n) is 0.367. The molecule has 0 saturated heterocycles. The van der Waals surface area contributed by atoms with Crippen LogP contribution in [0.4, 0.5) is 0 Å². The van der Waals surface area contributed by atoms with E-state index in [0.717, 1.165) is 11.9 Å². The van der Waals surface area contributed by atoms with Gasteiger partial charge in [-0.3, -0.25) is 0 Å². The van der Waals surface area contributed by atoms with Crippen LogP contribution in [0.2, 0.25) is 0 Å². The van der Waals surface area contributed by atoms with Gasteiger partial charge in [0.2, 0.25) is 0 Å². The number of carbonyl (C=O) groups is 1. The maximum atomic E-state index is 9.88. The van der Waals surface area contributed by atoms with Crippen LogP contribution in [0.5, 0.6) is 0 Å². The number of hydrogen-bond acceptors (Lipinski definition) is 1. The standard InChI is InChI=1S/C5H3O.Sb.H/c1-3-5(2)4-6;;/h1,3-4H;;/q-1;;. The Morgan fingerprint density at radius 2 is 2.71 bits per heavy atom. The Morgan fingerprint density at radius 3 is 3.00 bits per heavy atom. The predicted molar refractivity (Wildman–Crippen MR) is 29.1 cm³/mol. The van der Waals surface area contributed by atoms with Crippen LogP contribution in [0, 0.1) is 4.02 Å². The summed E-state index contributed by atoms with van der Waals surface area (Å²) in [5.74, 6) is 0. The summed E-state index contributed by atoms with van der Waals surface area (Å²) in [6.45, 7) is 0. The van der Waals surface area contributed by atoms with Crippen LogP contribution in [0.25, 0.3) is 0 Å². The van der Waals surface area contributed by atoms with E-state index in [0.29, 0.717) is 0 Å². The van der Waals surface area contributed by atoms with Gasteiger partial charge in [-0.2, -0.15) is 0 Å². The molecule has 0 aromatic rings. The van der Waals surface area contributed by atoms with Crippen LogP contribution in [-0.4, -0.2) is 27.9 Å². The minimum atomic E-state index is -0.441. The first-order valence-corrected chi connectivity index (χ1v) is 5.01. The van der Waals surface area contributed by atoms with Crippen LogP contribution in [0.1, 0.15) is 0 Å². The van der Waals surface area contributed by atoms with E-state index in [1.165, 1.54) is 0 Å². The summed E-state index contributed by atoms with van der Waals surface area (Å²) in [6.07, 6.45) is 2.70. The van der Waals surface area contributed by atoms with Gasteiger partial charge >= 0.3 is 52.4 Å². The fraction of sp³-hybridized carbons (Fsp3) is 0. The minimum absolute atomic E-state index is 0.441. The number of hydrogen-bond donors (Lipinski definition) is 0. The van der Waals surface area contributed by atoms with Crippen LogP contribution in [-0.2, 0) is 4.79 Å². The third-order valence-electron chi connectivity index (χ3n) is 0.690. The van der Waals surface area contributed by atoms with Crippen molar-refractivity contribution in [3.05, 3.63) is 19.7 Å². The quantitative estimate of drug-likeness (QED) is 0.328. The number of rotatable bonds is 1. The SMILES string of the molecule is O=CC1=[C-][SbH][CH]=C1. The molecule has 2 heteroatoms. The zero-order chi connectivity index (χ0) is 5.11. The molecule has 0 spiro atoms. The molecule has 0 saturated carbocycles. The van der Waals surface area contributed by atoms with E-state index in [4.69, 9.17) is 0 Å². The summed E-state index contributed by atoms with van der Waals surface area (Å²) < 4.78 is 5.09. The first-order chi connectivity index (χ1) is 3.43. The molecule has 1 heterocycles. The molecule has 0 fully saturated rings. The second-order valence-corrected chi connectivity index (χ2v) is 3.66. The van der Waals surface area contributed by atoms with Crippen molar-refractivity contribution in [2.24, 2.45) is 0 Å². The molecular formula is C5H4OSb-. The summed E-state index contributed by atoms with van der Waals surface area (Å²) in [5.41, 5.74) is 0.756. The Hall–Kier alpha value is -0.0318. The molecule has 0 N–H and O–H groups in total. The molecule has 1 aliphatic heterocycles. The van der Waals surface area contributed by atoms with Crippen molar-refractivity contribution >= 4 is 27.9 Å². The van der Waals surface area contributed by atoms with E-state index >= 15 is 0 Å². The van der Waals surface area contributed by atoms with Crippen molar-refractivity contribution in [3.63, 3.8) is 0 Å². The number of carbonyl (C=O) groups excluding carboxylic acids is 1. The van der Waals surface area contributed by atoms with Gasteiger partial charge in [-0.25, -0.2) is 0 Å². The zero-order valence-corrected chi connectivity index (χ0v) is 6.49. The zero-order valence-electron chi connectivity index (χ0n) is 3.64. The topological polar surface area (TPSA) is 17.1 Å². The van der Waals surface area contributed by atoms with Gasteiger partial charge in [0.15, 0.2) is 0 Å². The Morgan fingerprint density at radius 1 is 1.86 bits per heavy atom. The van der Waals surface area contributed by atoms with Crippen LogP contribution in [0.15, 0.2) is 15.7 Å².